The molecule has 0 saturated carbocycles. The summed E-state index contributed by atoms with van der Waals surface area (Å²) >= 11 is 0. The number of carbonyl (C=O) groups excluding carboxylic acids is 1. The van der Waals surface area contributed by atoms with Crippen molar-refractivity contribution in [2.45, 2.75) is 26.8 Å². The maximum atomic E-state index is 13.9. The zero-order valence-electron chi connectivity index (χ0n) is 16.9. The first kappa shape index (κ1) is 20.5. The Bertz CT molecular complexity index is 795. The molecule has 0 unspecified atom stereocenters. The minimum Gasteiger partial charge on any atom is -0.311 e. The Balaban J connectivity index is 1.57. The first-order valence-electron chi connectivity index (χ1n) is 10.1. The number of amides is 1. The van der Waals surface area contributed by atoms with Crippen LogP contribution in [0.3, 0.4) is 0 Å². The van der Waals surface area contributed by atoms with Crippen molar-refractivity contribution in [2.24, 2.45) is 0 Å². The molecule has 0 aromatic heterocycles. The van der Waals surface area contributed by atoms with E-state index < -0.39 is 0 Å². The van der Waals surface area contributed by atoms with Crippen molar-refractivity contribution < 1.29 is 9.18 Å². The maximum absolute atomic E-state index is 13.9. The van der Waals surface area contributed by atoms with Crippen molar-refractivity contribution in [3.8, 4) is 0 Å². The van der Waals surface area contributed by atoms with E-state index in [4.69, 9.17) is 0 Å². The van der Waals surface area contributed by atoms with Crippen molar-refractivity contribution >= 4 is 11.6 Å². The van der Waals surface area contributed by atoms with Gasteiger partial charge < -0.3 is 4.90 Å². The SMILES string of the molecule is CCN(C(=O)CN1CCCN(Cc2ccccc2F)CC1)c1ccccc1C. The molecule has 0 atom stereocenters. The molecule has 0 radical (unpaired) electrons. The highest BCUT2D eigenvalue weighted by molar-refractivity contribution is 5.95. The van der Waals surface area contributed by atoms with Gasteiger partial charge in [-0.25, -0.2) is 4.39 Å². The Morgan fingerprint density at radius 1 is 1.00 bits per heavy atom. The van der Waals surface area contributed by atoms with Crippen LogP contribution in [-0.2, 0) is 11.3 Å². The van der Waals surface area contributed by atoms with Gasteiger partial charge in [0.25, 0.3) is 0 Å². The van der Waals surface area contributed by atoms with Gasteiger partial charge >= 0.3 is 0 Å². The van der Waals surface area contributed by atoms with E-state index in [1.54, 1.807) is 6.07 Å². The number of likely N-dealkylation sites (N-methyl/N-ethyl adjacent to an activating group) is 1. The van der Waals surface area contributed by atoms with Crippen LogP contribution in [0.15, 0.2) is 48.5 Å². The van der Waals surface area contributed by atoms with Gasteiger partial charge in [0.2, 0.25) is 5.91 Å². The van der Waals surface area contributed by atoms with Crippen LogP contribution in [0.5, 0.6) is 0 Å². The summed E-state index contributed by atoms with van der Waals surface area (Å²) in [5, 5.41) is 0. The third-order valence-electron chi connectivity index (χ3n) is 5.42. The number of halogens is 1. The molecule has 1 fully saturated rings. The van der Waals surface area contributed by atoms with Gasteiger partial charge in [0.05, 0.1) is 6.54 Å². The van der Waals surface area contributed by atoms with E-state index in [9.17, 15) is 9.18 Å². The molecular formula is C23H30FN3O. The summed E-state index contributed by atoms with van der Waals surface area (Å²) < 4.78 is 13.9. The minimum atomic E-state index is -0.143. The van der Waals surface area contributed by atoms with Crippen LogP contribution in [0, 0.1) is 12.7 Å². The van der Waals surface area contributed by atoms with E-state index in [1.165, 1.54) is 6.07 Å². The van der Waals surface area contributed by atoms with Crippen LogP contribution in [0.25, 0.3) is 0 Å². The van der Waals surface area contributed by atoms with E-state index in [0.717, 1.165) is 49.4 Å². The van der Waals surface area contributed by atoms with Gasteiger partial charge in [-0.3, -0.25) is 14.6 Å². The summed E-state index contributed by atoms with van der Waals surface area (Å²) in [4.78, 5) is 19.3. The lowest BCUT2D eigenvalue weighted by Gasteiger charge is -2.27. The van der Waals surface area contributed by atoms with Gasteiger partial charge in [-0.15, -0.1) is 0 Å². The number of nitrogens with zero attached hydrogens (tertiary/aromatic N) is 3. The summed E-state index contributed by atoms with van der Waals surface area (Å²) in [5.41, 5.74) is 2.85. The Morgan fingerprint density at radius 3 is 2.43 bits per heavy atom. The van der Waals surface area contributed by atoms with Gasteiger partial charge in [-0.2, -0.15) is 0 Å². The Labute approximate surface area is 167 Å². The number of hydrogen-bond acceptors (Lipinski definition) is 3. The third-order valence-corrected chi connectivity index (χ3v) is 5.42. The summed E-state index contributed by atoms with van der Waals surface area (Å²) in [6.45, 7) is 9.26. The fraction of sp³-hybridized carbons (Fsp3) is 0.435. The highest BCUT2D eigenvalue weighted by atomic mass is 19.1. The zero-order chi connectivity index (χ0) is 19.9. The Kier molecular flexibility index (Phi) is 7.18. The molecule has 4 nitrogen and oxygen atoms in total. The van der Waals surface area contributed by atoms with Crippen LogP contribution in [-0.4, -0.2) is 55.0 Å². The van der Waals surface area contributed by atoms with Crippen molar-refractivity contribution in [1.82, 2.24) is 9.80 Å². The van der Waals surface area contributed by atoms with E-state index in [1.807, 2.05) is 55.1 Å². The summed E-state index contributed by atoms with van der Waals surface area (Å²) in [7, 11) is 0. The number of anilines is 1. The van der Waals surface area contributed by atoms with E-state index in [0.29, 0.717) is 19.6 Å². The smallest absolute Gasteiger partial charge is 0.241 e. The number of carbonyl (C=O) groups is 1. The van der Waals surface area contributed by atoms with Gasteiger partial charge in [-0.05, 0) is 51.1 Å². The van der Waals surface area contributed by atoms with Crippen molar-refractivity contribution in [1.29, 1.82) is 0 Å². The van der Waals surface area contributed by atoms with E-state index >= 15 is 0 Å². The molecule has 1 heterocycles. The average molecular weight is 384 g/mol. The van der Waals surface area contributed by atoms with Crippen molar-refractivity contribution in [3.63, 3.8) is 0 Å². The second-order valence-electron chi connectivity index (χ2n) is 7.42. The number of para-hydroxylation sites is 1. The zero-order valence-corrected chi connectivity index (χ0v) is 16.9. The normalized spacial score (nSPS) is 16.0. The molecule has 0 N–H and O–H groups in total. The molecule has 2 aromatic carbocycles. The van der Waals surface area contributed by atoms with Crippen LogP contribution in [0.2, 0.25) is 0 Å². The molecule has 0 aliphatic carbocycles. The molecule has 5 heteroatoms. The largest absolute Gasteiger partial charge is 0.311 e. The van der Waals surface area contributed by atoms with Gasteiger partial charge in [0.1, 0.15) is 5.82 Å². The van der Waals surface area contributed by atoms with Crippen LogP contribution >= 0.6 is 0 Å². The van der Waals surface area contributed by atoms with Crippen LogP contribution in [0.4, 0.5) is 10.1 Å². The second-order valence-corrected chi connectivity index (χ2v) is 7.42. The molecule has 0 spiro atoms. The number of rotatable bonds is 6. The molecule has 3 rings (SSSR count). The molecule has 1 aliphatic heterocycles. The fourth-order valence-electron chi connectivity index (χ4n) is 3.83. The third kappa shape index (κ3) is 5.18. The molecule has 1 amide bonds. The highest BCUT2D eigenvalue weighted by Crippen LogP contribution is 2.20. The molecule has 150 valence electrons. The van der Waals surface area contributed by atoms with E-state index in [-0.39, 0.29) is 11.7 Å². The summed E-state index contributed by atoms with van der Waals surface area (Å²) in [6, 6.07) is 15.0. The monoisotopic (exact) mass is 383 g/mol. The predicted octanol–water partition coefficient (Wildman–Crippen LogP) is 3.69. The lowest BCUT2D eigenvalue weighted by atomic mass is 10.2. The average Bonchev–Trinajstić information content (AvgIpc) is 2.91. The quantitative estimate of drug-likeness (QED) is 0.761. The lowest BCUT2D eigenvalue weighted by molar-refractivity contribution is -0.119. The molecule has 1 aliphatic rings. The molecule has 1 saturated heterocycles. The number of aryl methyl sites for hydroxylation is 1. The molecular weight excluding hydrogens is 353 g/mol. The lowest BCUT2D eigenvalue weighted by Crippen LogP contribution is -2.42. The molecule has 2 aromatic rings. The second kappa shape index (κ2) is 9.80. The van der Waals surface area contributed by atoms with Crippen LogP contribution in [0.1, 0.15) is 24.5 Å². The van der Waals surface area contributed by atoms with Crippen molar-refractivity contribution in [2.75, 3.05) is 44.2 Å². The first-order valence-corrected chi connectivity index (χ1v) is 10.1. The maximum Gasteiger partial charge on any atom is 0.241 e. The van der Waals surface area contributed by atoms with Gasteiger partial charge in [0, 0.05) is 37.4 Å². The standard InChI is InChI=1S/C23H30FN3O/c1-3-27(22-12-7-4-9-19(22)2)23(28)18-26-14-8-13-25(15-16-26)17-20-10-5-6-11-21(20)24/h4-7,9-12H,3,8,13-18H2,1-2H3. The Hall–Kier alpha value is -2.24. The molecule has 28 heavy (non-hydrogen) atoms. The predicted molar refractivity (Wildman–Crippen MR) is 112 cm³/mol. The first-order chi connectivity index (χ1) is 13.6. The topological polar surface area (TPSA) is 26.8 Å². The summed E-state index contributed by atoms with van der Waals surface area (Å²) in [6.07, 6.45) is 0.984. The van der Waals surface area contributed by atoms with Gasteiger partial charge in [0.15, 0.2) is 0 Å². The Morgan fingerprint density at radius 2 is 1.68 bits per heavy atom. The molecule has 0 bridgehead atoms. The fourth-order valence-corrected chi connectivity index (χ4v) is 3.83. The van der Waals surface area contributed by atoms with Gasteiger partial charge in [-0.1, -0.05) is 36.4 Å². The van der Waals surface area contributed by atoms with Crippen LogP contribution < -0.4 is 4.90 Å². The van der Waals surface area contributed by atoms with Crippen molar-refractivity contribution in [3.05, 3.63) is 65.5 Å². The number of benzene rings is 2. The minimum absolute atomic E-state index is 0.138. The van der Waals surface area contributed by atoms with E-state index in [2.05, 4.69) is 9.80 Å². The number of hydrogen-bond donors (Lipinski definition) is 0. The summed E-state index contributed by atoms with van der Waals surface area (Å²) in [5.74, 6) is -0.00467. The highest BCUT2D eigenvalue weighted by Gasteiger charge is 2.21.